The molecule has 1 amide bonds. The highest BCUT2D eigenvalue weighted by Crippen LogP contribution is 2.35. The Bertz CT molecular complexity index is 1590. The standard InChI is InChI=1S/C27H25ClN4O4S2/c1-16(24(33)29-21-12-11-18(32(35)36)15-20(21)28)37-27-30-25-23(19-9-5-6-10-22(19)38-25)26(34)31(27)14-13-17-7-3-2-4-8-17/h2-4,7-8,11-12,15-16H,5-6,9-10,13-14H2,1H3,(H,29,33)/t16-/m1/s1. The number of halogens is 1. The highest BCUT2D eigenvalue weighted by Gasteiger charge is 2.25. The number of nitro groups is 1. The highest BCUT2D eigenvalue weighted by atomic mass is 35.5. The minimum Gasteiger partial charge on any atom is -0.324 e. The number of nitrogens with one attached hydrogen (secondary N) is 1. The van der Waals surface area contributed by atoms with Crippen LogP contribution < -0.4 is 10.9 Å². The molecule has 0 aliphatic heterocycles. The number of carbonyl (C=O) groups is 1. The number of non-ortho nitro benzene ring substituents is 1. The number of nitrogens with zero attached hydrogens (tertiary/aromatic N) is 3. The summed E-state index contributed by atoms with van der Waals surface area (Å²) in [6.07, 6.45) is 4.71. The van der Waals surface area contributed by atoms with Gasteiger partial charge in [0.2, 0.25) is 5.91 Å². The van der Waals surface area contributed by atoms with Crippen molar-refractivity contribution in [1.29, 1.82) is 0 Å². The van der Waals surface area contributed by atoms with Crippen LogP contribution in [0, 0.1) is 10.1 Å². The number of hydrogen-bond donors (Lipinski definition) is 1. The fraction of sp³-hybridized carbons (Fsp3) is 0.296. The Labute approximate surface area is 232 Å². The lowest BCUT2D eigenvalue weighted by atomic mass is 9.97. The Kier molecular flexibility index (Phi) is 7.83. The number of carbonyl (C=O) groups excluding carboxylic acids is 1. The number of benzene rings is 2. The zero-order valence-electron chi connectivity index (χ0n) is 20.6. The molecule has 2 aromatic heterocycles. The van der Waals surface area contributed by atoms with Gasteiger partial charge in [0, 0.05) is 23.6 Å². The van der Waals surface area contributed by atoms with Gasteiger partial charge in [-0.1, -0.05) is 53.7 Å². The normalized spacial score (nSPS) is 13.7. The van der Waals surface area contributed by atoms with E-state index in [0.717, 1.165) is 47.0 Å². The van der Waals surface area contributed by atoms with Gasteiger partial charge in [-0.15, -0.1) is 11.3 Å². The molecule has 0 fully saturated rings. The van der Waals surface area contributed by atoms with Crippen molar-refractivity contribution in [3.05, 3.63) is 90.0 Å². The Morgan fingerprint density at radius 2 is 2.00 bits per heavy atom. The van der Waals surface area contributed by atoms with Gasteiger partial charge in [-0.3, -0.25) is 24.3 Å². The topological polar surface area (TPSA) is 107 Å². The van der Waals surface area contributed by atoms with Gasteiger partial charge >= 0.3 is 0 Å². The zero-order chi connectivity index (χ0) is 26.8. The average molecular weight is 569 g/mol. The number of nitro benzene ring substituents is 1. The molecule has 38 heavy (non-hydrogen) atoms. The van der Waals surface area contributed by atoms with Crippen molar-refractivity contribution >= 4 is 62.2 Å². The van der Waals surface area contributed by atoms with Crippen molar-refractivity contribution in [3.63, 3.8) is 0 Å². The maximum atomic E-state index is 13.8. The van der Waals surface area contributed by atoms with E-state index < -0.39 is 10.2 Å². The first-order chi connectivity index (χ1) is 18.3. The number of hydrogen-bond acceptors (Lipinski definition) is 7. The smallest absolute Gasteiger partial charge is 0.271 e. The van der Waals surface area contributed by atoms with E-state index >= 15 is 0 Å². The van der Waals surface area contributed by atoms with Gasteiger partial charge in [0.25, 0.3) is 11.2 Å². The summed E-state index contributed by atoms with van der Waals surface area (Å²) >= 11 is 8.96. The van der Waals surface area contributed by atoms with Gasteiger partial charge in [-0.2, -0.15) is 0 Å². The van der Waals surface area contributed by atoms with E-state index in [1.165, 1.54) is 34.8 Å². The van der Waals surface area contributed by atoms with Crippen molar-refractivity contribution in [1.82, 2.24) is 9.55 Å². The van der Waals surface area contributed by atoms with E-state index in [2.05, 4.69) is 5.32 Å². The summed E-state index contributed by atoms with van der Waals surface area (Å²) in [6.45, 7) is 2.18. The lowest BCUT2D eigenvalue weighted by molar-refractivity contribution is -0.384. The predicted octanol–water partition coefficient (Wildman–Crippen LogP) is 6.26. The van der Waals surface area contributed by atoms with Gasteiger partial charge < -0.3 is 5.32 Å². The molecule has 8 nitrogen and oxygen atoms in total. The molecule has 0 radical (unpaired) electrons. The van der Waals surface area contributed by atoms with Crippen molar-refractivity contribution < 1.29 is 9.72 Å². The van der Waals surface area contributed by atoms with Crippen LogP contribution in [0.5, 0.6) is 0 Å². The fourth-order valence-corrected chi connectivity index (χ4v) is 7.02. The van der Waals surface area contributed by atoms with E-state index in [-0.39, 0.29) is 27.9 Å². The van der Waals surface area contributed by atoms with Crippen LogP contribution in [0.1, 0.15) is 35.8 Å². The first-order valence-electron chi connectivity index (χ1n) is 12.3. The number of anilines is 1. The molecule has 0 saturated heterocycles. The maximum absolute atomic E-state index is 13.8. The molecule has 2 heterocycles. The molecule has 196 valence electrons. The third-order valence-corrected chi connectivity index (χ3v) is 9.17. The second kappa shape index (κ2) is 11.3. The molecule has 1 aliphatic carbocycles. The van der Waals surface area contributed by atoms with Crippen LogP contribution in [0.2, 0.25) is 5.02 Å². The van der Waals surface area contributed by atoms with Gasteiger partial charge in [0.15, 0.2) is 5.16 Å². The quantitative estimate of drug-likeness (QED) is 0.116. The summed E-state index contributed by atoms with van der Waals surface area (Å²) in [4.78, 5) is 44.2. The first kappa shape index (κ1) is 26.4. The number of thiophene rings is 1. The number of thioether (sulfide) groups is 1. The van der Waals surface area contributed by atoms with E-state index in [1.807, 2.05) is 30.3 Å². The second-order valence-electron chi connectivity index (χ2n) is 9.15. The molecule has 1 N–H and O–H groups in total. The van der Waals surface area contributed by atoms with Gasteiger partial charge in [0.1, 0.15) is 4.83 Å². The van der Waals surface area contributed by atoms with Crippen LogP contribution in [-0.2, 0) is 30.6 Å². The van der Waals surface area contributed by atoms with Crippen LogP contribution in [0.3, 0.4) is 0 Å². The Morgan fingerprint density at radius 1 is 1.24 bits per heavy atom. The van der Waals surface area contributed by atoms with Crippen LogP contribution in [0.25, 0.3) is 10.2 Å². The minimum absolute atomic E-state index is 0.0566. The molecular formula is C27H25ClN4O4S2. The molecule has 5 rings (SSSR count). The zero-order valence-corrected chi connectivity index (χ0v) is 23.0. The molecule has 4 aromatic rings. The number of rotatable bonds is 8. The van der Waals surface area contributed by atoms with Crippen molar-refractivity contribution in [2.45, 2.75) is 56.0 Å². The van der Waals surface area contributed by atoms with Crippen LogP contribution >= 0.6 is 34.7 Å². The molecule has 1 aliphatic rings. The number of amides is 1. The summed E-state index contributed by atoms with van der Waals surface area (Å²) < 4.78 is 1.70. The largest absolute Gasteiger partial charge is 0.324 e. The Hall–Kier alpha value is -3.21. The Balaban J connectivity index is 1.44. The van der Waals surface area contributed by atoms with Gasteiger partial charge in [-0.25, -0.2) is 4.98 Å². The molecule has 2 aromatic carbocycles. The van der Waals surface area contributed by atoms with E-state index in [9.17, 15) is 19.7 Å². The summed E-state index contributed by atoms with van der Waals surface area (Å²) in [5.74, 6) is -0.347. The van der Waals surface area contributed by atoms with E-state index in [1.54, 1.807) is 22.8 Å². The molecule has 1 atom stereocenters. The van der Waals surface area contributed by atoms with Crippen LogP contribution in [0.15, 0.2) is 58.5 Å². The Morgan fingerprint density at radius 3 is 2.74 bits per heavy atom. The van der Waals surface area contributed by atoms with E-state index in [0.29, 0.717) is 18.1 Å². The summed E-state index contributed by atoms with van der Waals surface area (Å²) in [5.41, 5.74) is 2.32. The number of aromatic nitrogens is 2. The highest BCUT2D eigenvalue weighted by molar-refractivity contribution is 8.00. The summed E-state index contributed by atoms with van der Waals surface area (Å²) in [5, 5.41) is 14.4. The van der Waals surface area contributed by atoms with Crippen molar-refractivity contribution in [2.75, 3.05) is 5.32 Å². The van der Waals surface area contributed by atoms with Crippen molar-refractivity contribution in [2.24, 2.45) is 0 Å². The molecule has 11 heteroatoms. The van der Waals surface area contributed by atoms with E-state index in [4.69, 9.17) is 16.6 Å². The van der Waals surface area contributed by atoms with Crippen LogP contribution in [0.4, 0.5) is 11.4 Å². The molecule has 0 bridgehead atoms. The van der Waals surface area contributed by atoms with Gasteiger partial charge in [0.05, 0.1) is 26.3 Å². The summed E-state index contributed by atoms with van der Waals surface area (Å²) in [6, 6.07) is 13.9. The second-order valence-corrected chi connectivity index (χ2v) is 11.9. The third-order valence-electron chi connectivity index (χ3n) is 6.58. The number of fused-ring (bicyclic) bond motifs is 3. The summed E-state index contributed by atoms with van der Waals surface area (Å²) in [7, 11) is 0. The predicted molar refractivity (Wildman–Crippen MR) is 153 cm³/mol. The first-order valence-corrected chi connectivity index (χ1v) is 14.4. The van der Waals surface area contributed by atoms with Gasteiger partial charge in [-0.05, 0) is 56.2 Å². The lowest BCUT2D eigenvalue weighted by Gasteiger charge is -2.17. The lowest BCUT2D eigenvalue weighted by Crippen LogP contribution is -2.28. The monoisotopic (exact) mass is 568 g/mol. The SMILES string of the molecule is C[C@@H](Sc1nc2sc3c(c2c(=O)n1CCc1ccccc1)CCCC3)C(=O)Nc1ccc([N+](=O)[O-])cc1Cl. The fourth-order valence-electron chi connectivity index (χ4n) is 4.56. The van der Waals surface area contributed by atoms with Crippen LogP contribution in [-0.4, -0.2) is 25.6 Å². The third kappa shape index (κ3) is 5.48. The molecule has 0 saturated carbocycles. The molecule has 0 spiro atoms. The average Bonchev–Trinajstić information content (AvgIpc) is 3.28. The number of aryl methyl sites for hydroxylation is 3. The molecular weight excluding hydrogens is 544 g/mol. The van der Waals surface area contributed by atoms with Crippen molar-refractivity contribution in [3.8, 4) is 0 Å². The minimum atomic E-state index is -0.608. The maximum Gasteiger partial charge on any atom is 0.271 e. The molecule has 0 unspecified atom stereocenters.